The molecular formula is C17H21FN2O2. The zero-order valence-corrected chi connectivity index (χ0v) is 12.8. The molecule has 1 aromatic carbocycles. The molecule has 1 aromatic heterocycles. The maximum absolute atomic E-state index is 14.3. The van der Waals surface area contributed by atoms with Crippen molar-refractivity contribution >= 4 is 11.0 Å². The van der Waals surface area contributed by atoms with Gasteiger partial charge in [0.2, 0.25) is 5.88 Å². The van der Waals surface area contributed by atoms with E-state index in [1.54, 1.807) is 25.3 Å². The van der Waals surface area contributed by atoms with Crippen LogP contribution < -0.4 is 4.74 Å². The SMILES string of the molecule is COc1ccc2nc(C(F)CCCCC3CC3)c(O)nc2c1. The molecule has 1 heterocycles. The molecule has 0 amide bonds. The summed E-state index contributed by atoms with van der Waals surface area (Å²) >= 11 is 0. The van der Waals surface area contributed by atoms with Gasteiger partial charge in [0, 0.05) is 6.07 Å². The Morgan fingerprint density at radius 3 is 2.82 bits per heavy atom. The molecule has 1 aliphatic carbocycles. The lowest BCUT2D eigenvalue weighted by molar-refractivity contribution is 0.292. The Kier molecular flexibility index (Phi) is 4.41. The average Bonchev–Trinajstić information content (AvgIpc) is 3.34. The van der Waals surface area contributed by atoms with E-state index in [-0.39, 0.29) is 11.6 Å². The van der Waals surface area contributed by atoms with E-state index in [2.05, 4.69) is 9.97 Å². The zero-order valence-electron chi connectivity index (χ0n) is 12.8. The number of halogens is 1. The number of benzene rings is 1. The van der Waals surface area contributed by atoms with Crippen LogP contribution in [-0.4, -0.2) is 22.2 Å². The minimum Gasteiger partial charge on any atom is -0.497 e. The smallest absolute Gasteiger partial charge is 0.236 e. The number of hydrogen-bond acceptors (Lipinski definition) is 4. The molecule has 4 nitrogen and oxygen atoms in total. The third-order valence-electron chi connectivity index (χ3n) is 4.19. The molecule has 118 valence electrons. The second-order valence-corrected chi connectivity index (χ2v) is 5.98. The van der Waals surface area contributed by atoms with E-state index in [1.165, 1.54) is 19.3 Å². The number of methoxy groups -OCH3 is 1. The molecule has 1 unspecified atom stereocenters. The Morgan fingerprint density at radius 1 is 1.27 bits per heavy atom. The molecule has 2 aromatic rings. The second kappa shape index (κ2) is 6.46. The minimum atomic E-state index is -1.27. The zero-order chi connectivity index (χ0) is 15.5. The summed E-state index contributed by atoms with van der Waals surface area (Å²) in [5.41, 5.74) is 1.11. The van der Waals surface area contributed by atoms with Crippen molar-refractivity contribution in [2.24, 2.45) is 5.92 Å². The van der Waals surface area contributed by atoms with Crippen LogP contribution in [0.4, 0.5) is 4.39 Å². The van der Waals surface area contributed by atoms with Crippen LogP contribution >= 0.6 is 0 Å². The van der Waals surface area contributed by atoms with Gasteiger partial charge in [0.15, 0.2) is 0 Å². The molecule has 22 heavy (non-hydrogen) atoms. The molecule has 0 bridgehead atoms. The summed E-state index contributed by atoms with van der Waals surface area (Å²) < 4.78 is 19.4. The fraction of sp³-hybridized carbons (Fsp3) is 0.529. The largest absolute Gasteiger partial charge is 0.497 e. The van der Waals surface area contributed by atoms with Crippen LogP contribution in [0.2, 0.25) is 0 Å². The Bertz CT molecular complexity index is 658. The molecule has 0 spiro atoms. The Balaban J connectivity index is 1.69. The van der Waals surface area contributed by atoms with E-state index in [0.29, 0.717) is 23.2 Å². The first kappa shape index (κ1) is 15.0. The molecule has 1 atom stereocenters. The van der Waals surface area contributed by atoms with Crippen LogP contribution in [0.3, 0.4) is 0 Å². The van der Waals surface area contributed by atoms with E-state index in [0.717, 1.165) is 18.8 Å². The van der Waals surface area contributed by atoms with E-state index in [9.17, 15) is 9.50 Å². The summed E-state index contributed by atoms with van der Waals surface area (Å²) in [6.45, 7) is 0. The van der Waals surface area contributed by atoms with Crippen LogP contribution in [-0.2, 0) is 0 Å². The molecule has 1 N–H and O–H groups in total. The van der Waals surface area contributed by atoms with Gasteiger partial charge in [-0.15, -0.1) is 0 Å². The summed E-state index contributed by atoms with van der Waals surface area (Å²) in [7, 11) is 1.56. The fourth-order valence-electron chi connectivity index (χ4n) is 2.68. The number of rotatable bonds is 7. The monoisotopic (exact) mass is 304 g/mol. The first-order valence-corrected chi connectivity index (χ1v) is 7.86. The highest BCUT2D eigenvalue weighted by Gasteiger charge is 2.22. The summed E-state index contributed by atoms with van der Waals surface area (Å²) in [6.07, 6.45) is 4.85. The summed E-state index contributed by atoms with van der Waals surface area (Å²) in [6, 6.07) is 5.15. The number of fused-ring (bicyclic) bond motifs is 1. The normalized spacial score (nSPS) is 15.9. The van der Waals surface area contributed by atoms with Gasteiger partial charge in [0.05, 0.1) is 18.1 Å². The standard InChI is InChI=1S/C17H21FN2O2/c1-22-12-8-9-14-15(10-12)20-17(21)16(19-14)13(18)5-3-2-4-11-6-7-11/h8-11,13H,2-7H2,1H3,(H,20,21). The van der Waals surface area contributed by atoms with E-state index >= 15 is 0 Å². The van der Waals surface area contributed by atoms with Crippen molar-refractivity contribution in [1.29, 1.82) is 0 Å². The molecular weight excluding hydrogens is 283 g/mol. The number of alkyl halides is 1. The van der Waals surface area contributed by atoms with Gasteiger partial charge >= 0.3 is 0 Å². The topological polar surface area (TPSA) is 55.2 Å². The number of ether oxygens (including phenoxy) is 1. The summed E-state index contributed by atoms with van der Waals surface area (Å²) in [5.74, 6) is 1.18. The van der Waals surface area contributed by atoms with E-state index < -0.39 is 6.17 Å². The number of unbranched alkanes of at least 4 members (excludes halogenated alkanes) is 1. The van der Waals surface area contributed by atoms with Gasteiger partial charge in [-0.3, -0.25) is 0 Å². The third kappa shape index (κ3) is 3.46. The second-order valence-electron chi connectivity index (χ2n) is 5.98. The average molecular weight is 304 g/mol. The molecule has 1 fully saturated rings. The van der Waals surface area contributed by atoms with Gasteiger partial charge in [0.25, 0.3) is 0 Å². The van der Waals surface area contributed by atoms with Crippen molar-refractivity contribution in [2.45, 2.75) is 44.7 Å². The summed E-state index contributed by atoms with van der Waals surface area (Å²) in [5, 5.41) is 9.94. The maximum atomic E-state index is 14.3. The van der Waals surface area contributed by atoms with Crippen LogP contribution in [0, 0.1) is 5.92 Å². The maximum Gasteiger partial charge on any atom is 0.236 e. The molecule has 5 heteroatoms. The molecule has 1 aliphatic rings. The van der Waals surface area contributed by atoms with Crippen molar-refractivity contribution in [2.75, 3.05) is 7.11 Å². The molecule has 0 radical (unpaired) electrons. The van der Waals surface area contributed by atoms with Crippen molar-refractivity contribution < 1.29 is 14.2 Å². The highest BCUT2D eigenvalue weighted by molar-refractivity contribution is 5.76. The van der Waals surface area contributed by atoms with Crippen molar-refractivity contribution in [3.05, 3.63) is 23.9 Å². The predicted molar refractivity (Wildman–Crippen MR) is 82.8 cm³/mol. The fourth-order valence-corrected chi connectivity index (χ4v) is 2.68. The molecule has 3 rings (SSSR count). The lowest BCUT2D eigenvalue weighted by atomic mass is 10.1. The van der Waals surface area contributed by atoms with Gasteiger partial charge in [-0.1, -0.05) is 32.1 Å². The van der Waals surface area contributed by atoms with E-state index in [4.69, 9.17) is 4.74 Å². The molecule has 1 saturated carbocycles. The lowest BCUT2D eigenvalue weighted by Gasteiger charge is -2.10. The number of nitrogens with zero attached hydrogens (tertiary/aromatic N) is 2. The molecule has 0 saturated heterocycles. The third-order valence-corrected chi connectivity index (χ3v) is 4.19. The minimum absolute atomic E-state index is 0.0455. The van der Waals surface area contributed by atoms with Crippen molar-refractivity contribution in [3.8, 4) is 11.6 Å². The lowest BCUT2D eigenvalue weighted by Crippen LogP contribution is -2.00. The highest BCUT2D eigenvalue weighted by Crippen LogP contribution is 2.35. The van der Waals surface area contributed by atoms with Crippen LogP contribution in [0.1, 0.15) is 50.4 Å². The van der Waals surface area contributed by atoms with Gasteiger partial charge in [-0.2, -0.15) is 0 Å². The number of hydrogen-bond donors (Lipinski definition) is 1. The van der Waals surface area contributed by atoms with Gasteiger partial charge < -0.3 is 9.84 Å². The van der Waals surface area contributed by atoms with Gasteiger partial charge in [-0.05, 0) is 24.5 Å². The van der Waals surface area contributed by atoms with Crippen LogP contribution in [0.25, 0.3) is 11.0 Å². The Hall–Kier alpha value is -1.91. The first-order valence-electron chi connectivity index (χ1n) is 7.86. The number of aromatic nitrogens is 2. The van der Waals surface area contributed by atoms with Crippen molar-refractivity contribution in [1.82, 2.24) is 9.97 Å². The Labute approximate surface area is 129 Å². The van der Waals surface area contributed by atoms with Gasteiger partial charge in [-0.25, -0.2) is 14.4 Å². The Morgan fingerprint density at radius 2 is 2.09 bits per heavy atom. The van der Waals surface area contributed by atoms with Crippen LogP contribution in [0.5, 0.6) is 11.6 Å². The quantitative estimate of drug-likeness (QED) is 0.774. The van der Waals surface area contributed by atoms with E-state index in [1.807, 2.05) is 0 Å². The molecule has 0 aliphatic heterocycles. The van der Waals surface area contributed by atoms with Gasteiger partial charge in [0.1, 0.15) is 17.6 Å². The highest BCUT2D eigenvalue weighted by atomic mass is 19.1. The number of aromatic hydroxyl groups is 1. The summed E-state index contributed by atoms with van der Waals surface area (Å²) in [4.78, 5) is 8.28. The van der Waals surface area contributed by atoms with Crippen molar-refractivity contribution in [3.63, 3.8) is 0 Å². The predicted octanol–water partition coefficient (Wildman–Crippen LogP) is 4.33. The van der Waals surface area contributed by atoms with Crippen LogP contribution in [0.15, 0.2) is 18.2 Å². The first-order chi connectivity index (χ1) is 10.7.